The highest BCUT2D eigenvalue weighted by molar-refractivity contribution is 6.31. The number of H-pyrrole nitrogens is 1. The van der Waals surface area contributed by atoms with Crippen LogP contribution in [0, 0.1) is 6.92 Å². The van der Waals surface area contributed by atoms with Crippen molar-refractivity contribution >= 4 is 45.2 Å². The van der Waals surface area contributed by atoms with Gasteiger partial charge in [-0.3, -0.25) is 19.2 Å². The fourth-order valence-electron chi connectivity index (χ4n) is 5.66. The van der Waals surface area contributed by atoms with E-state index >= 15 is 0 Å². The molecule has 0 radical (unpaired) electrons. The smallest absolute Gasteiger partial charge is 0.292 e. The molecule has 11 heteroatoms. The molecule has 0 unspecified atom stereocenters. The molecule has 0 saturated carbocycles. The predicted molar refractivity (Wildman–Crippen MR) is 147 cm³/mol. The summed E-state index contributed by atoms with van der Waals surface area (Å²) in [6, 6.07) is 5.41. The molecule has 2 aliphatic rings. The summed E-state index contributed by atoms with van der Waals surface area (Å²) in [7, 11) is 0. The zero-order chi connectivity index (χ0) is 26.4. The number of carbonyl (C=O) groups excluding carboxylic acids is 1. The predicted octanol–water partition coefficient (Wildman–Crippen LogP) is 3.89. The second-order valence-electron chi connectivity index (χ2n) is 10.1. The van der Waals surface area contributed by atoms with Gasteiger partial charge in [0.2, 0.25) is 5.91 Å². The van der Waals surface area contributed by atoms with E-state index < -0.39 is 5.56 Å². The van der Waals surface area contributed by atoms with Gasteiger partial charge in [0, 0.05) is 41.7 Å². The van der Waals surface area contributed by atoms with Crippen LogP contribution in [0.3, 0.4) is 0 Å². The van der Waals surface area contributed by atoms with Gasteiger partial charge in [-0.25, -0.2) is 5.10 Å². The number of likely N-dealkylation sites (tertiary alicyclic amines) is 2. The number of aryl methyl sites for hydroxylation is 1. The Balaban J connectivity index is 1.31. The number of aromatic amines is 1. The standard InChI is InChI=1S/C27H30ClN7O3/c1-16-19-15-17(28)6-7-20(19)38-25(16)24-22-23(27(37)31-30-26(22)29)32-35(24)18-8-13-34(14-9-18)21(36)5-4-12-33-10-2-3-11-33/h4-7,15,18H,2-3,8-14H2,1H3,(H2,29,30)(H,31,37)/b5-4+. The van der Waals surface area contributed by atoms with E-state index in [9.17, 15) is 9.59 Å². The molecule has 0 spiro atoms. The fourth-order valence-corrected chi connectivity index (χ4v) is 5.83. The number of fused-ring (bicyclic) bond motifs is 2. The molecule has 2 saturated heterocycles. The minimum atomic E-state index is -0.415. The average Bonchev–Trinajstić information content (AvgIpc) is 3.65. The van der Waals surface area contributed by atoms with E-state index in [0.717, 1.165) is 30.6 Å². The molecule has 6 rings (SSSR count). The highest BCUT2D eigenvalue weighted by atomic mass is 35.5. The third kappa shape index (κ3) is 4.37. The third-order valence-corrected chi connectivity index (χ3v) is 7.95. The van der Waals surface area contributed by atoms with Crippen molar-refractivity contribution in [2.45, 2.75) is 38.6 Å². The quantitative estimate of drug-likeness (QED) is 0.371. The van der Waals surface area contributed by atoms with Gasteiger partial charge in [0.15, 0.2) is 17.1 Å². The summed E-state index contributed by atoms with van der Waals surface area (Å²) in [6.45, 7) is 6.15. The molecule has 10 nitrogen and oxygen atoms in total. The Hall–Kier alpha value is -3.63. The van der Waals surface area contributed by atoms with Crippen LogP contribution in [0.2, 0.25) is 5.02 Å². The van der Waals surface area contributed by atoms with Gasteiger partial charge < -0.3 is 15.1 Å². The van der Waals surface area contributed by atoms with E-state index in [1.54, 1.807) is 12.1 Å². The van der Waals surface area contributed by atoms with Crippen LogP contribution in [-0.4, -0.2) is 68.4 Å². The summed E-state index contributed by atoms with van der Waals surface area (Å²) in [5.41, 5.74) is 8.25. The molecule has 0 atom stereocenters. The molecule has 0 bridgehead atoms. The lowest BCUT2D eigenvalue weighted by atomic mass is 10.0. The Kier molecular flexibility index (Phi) is 6.45. The number of halogens is 1. The number of nitrogens with two attached hydrogens (primary N) is 1. The van der Waals surface area contributed by atoms with Gasteiger partial charge in [0.1, 0.15) is 11.3 Å². The number of piperidine rings is 1. The lowest BCUT2D eigenvalue weighted by Gasteiger charge is -2.32. The van der Waals surface area contributed by atoms with Crippen LogP contribution < -0.4 is 11.3 Å². The van der Waals surface area contributed by atoms with Gasteiger partial charge in [-0.05, 0) is 63.9 Å². The molecule has 3 N–H and O–H groups in total. The Morgan fingerprint density at radius 2 is 2.00 bits per heavy atom. The third-order valence-electron chi connectivity index (χ3n) is 7.72. The number of anilines is 1. The van der Waals surface area contributed by atoms with Gasteiger partial charge in [-0.1, -0.05) is 17.7 Å². The summed E-state index contributed by atoms with van der Waals surface area (Å²) < 4.78 is 8.13. The van der Waals surface area contributed by atoms with E-state index in [0.29, 0.717) is 53.4 Å². The van der Waals surface area contributed by atoms with Crippen molar-refractivity contribution in [2.24, 2.45) is 0 Å². The summed E-state index contributed by atoms with van der Waals surface area (Å²) in [5, 5.41) is 13.1. The molecule has 4 aromatic rings. The number of nitrogens with one attached hydrogen (secondary N) is 1. The topological polar surface area (TPSA) is 126 Å². The molecule has 2 aliphatic heterocycles. The molecule has 2 fully saturated rings. The summed E-state index contributed by atoms with van der Waals surface area (Å²) >= 11 is 6.25. The average molecular weight is 536 g/mol. The van der Waals surface area contributed by atoms with Crippen molar-refractivity contribution in [3.05, 3.63) is 51.3 Å². The van der Waals surface area contributed by atoms with E-state index in [1.807, 2.05) is 34.7 Å². The molecule has 0 aliphatic carbocycles. The van der Waals surface area contributed by atoms with Crippen molar-refractivity contribution in [2.75, 3.05) is 38.5 Å². The number of amides is 1. The number of aromatic nitrogens is 4. The van der Waals surface area contributed by atoms with Crippen LogP contribution in [0.15, 0.2) is 39.6 Å². The maximum absolute atomic E-state index is 12.8. The number of nitrogen functional groups attached to an aromatic ring is 1. The Morgan fingerprint density at radius 1 is 1.24 bits per heavy atom. The summed E-state index contributed by atoms with van der Waals surface area (Å²) in [6.07, 6.45) is 7.49. The largest absolute Gasteiger partial charge is 0.454 e. The van der Waals surface area contributed by atoms with Crippen LogP contribution in [0.5, 0.6) is 0 Å². The molecular weight excluding hydrogens is 506 g/mol. The van der Waals surface area contributed by atoms with Crippen LogP contribution in [0.4, 0.5) is 5.82 Å². The van der Waals surface area contributed by atoms with Gasteiger partial charge in [-0.2, -0.15) is 10.2 Å². The zero-order valence-corrected chi connectivity index (χ0v) is 22.0. The number of carbonyl (C=O) groups is 1. The maximum Gasteiger partial charge on any atom is 0.292 e. The van der Waals surface area contributed by atoms with Crippen LogP contribution >= 0.6 is 11.6 Å². The Morgan fingerprint density at radius 3 is 2.76 bits per heavy atom. The number of hydrogen-bond donors (Lipinski definition) is 2. The van der Waals surface area contributed by atoms with Crippen molar-refractivity contribution in [1.82, 2.24) is 29.8 Å². The monoisotopic (exact) mass is 535 g/mol. The zero-order valence-electron chi connectivity index (χ0n) is 21.2. The summed E-state index contributed by atoms with van der Waals surface area (Å²) in [4.78, 5) is 29.7. The number of benzene rings is 1. The highest BCUT2D eigenvalue weighted by Gasteiger charge is 2.30. The first-order valence-electron chi connectivity index (χ1n) is 13.0. The number of furan rings is 1. The van der Waals surface area contributed by atoms with Crippen molar-refractivity contribution in [1.29, 1.82) is 0 Å². The van der Waals surface area contributed by atoms with Crippen molar-refractivity contribution in [3.63, 3.8) is 0 Å². The highest BCUT2D eigenvalue weighted by Crippen LogP contribution is 2.40. The number of nitrogens with zero attached hydrogens (tertiary/aromatic N) is 5. The number of rotatable bonds is 5. The number of hydrogen-bond acceptors (Lipinski definition) is 7. The van der Waals surface area contributed by atoms with E-state index in [1.165, 1.54) is 12.8 Å². The van der Waals surface area contributed by atoms with Crippen molar-refractivity contribution in [3.8, 4) is 11.5 Å². The fraction of sp³-hybridized carbons (Fsp3) is 0.407. The molecular formula is C27H30ClN7O3. The minimum Gasteiger partial charge on any atom is -0.454 e. The Bertz CT molecular complexity index is 1600. The first-order chi connectivity index (χ1) is 18.4. The lowest BCUT2D eigenvalue weighted by Crippen LogP contribution is -2.38. The van der Waals surface area contributed by atoms with Gasteiger partial charge in [0.05, 0.1) is 11.4 Å². The van der Waals surface area contributed by atoms with Crippen LogP contribution in [0.1, 0.15) is 37.3 Å². The second kappa shape index (κ2) is 9.92. The minimum absolute atomic E-state index is 0.0309. The van der Waals surface area contributed by atoms with E-state index in [-0.39, 0.29) is 23.3 Å². The molecule has 1 aromatic carbocycles. The molecule has 3 aromatic heterocycles. The molecule has 198 valence electrons. The molecule has 5 heterocycles. The van der Waals surface area contributed by atoms with Crippen LogP contribution in [-0.2, 0) is 4.79 Å². The first-order valence-corrected chi connectivity index (χ1v) is 13.4. The van der Waals surface area contributed by atoms with Gasteiger partial charge in [0.25, 0.3) is 5.56 Å². The van der Waals surface area contributed by atoms with Gasteiger partial charge >= 0.3 is 0 Å². The van der Waals surface area contributed by atoms with Crippen LogP contribution in [0.25, 0.3) is 33.3 Å². The first kappa shape index (κ1) is 24.7. The van der Waals surface area contributed by atoms with Gasteiger partial charge in [-0.15, -0.1) is 0 Å². The normalized spacial score (nSPS) is 17.5. The summed E-state index contributed by atoms with van der Waals surface area (Å²) in [5.74, 6) is 0.783. The lowest BCUT2D eigenvalue weighted by molar-refractivity contribution is -0.127. The SMILES string of the molecule is Cc1c(-c2c3c(N)n[nH]c(=O)c3nn2C2CCN(C(=O)/C=C/CN3CCCC3)CC2)oc2ccc(Cl)cc12. The van der Waals surface area contributed by atoms with E-state index in [4.69, 9.17) is 26.9 Å². The molecule has 1 amide bonds. The van der Waals surface area contributed by atoms with Crippen molar-refractivity contribution < 1.29 is 9.21 Å². The second-order valence-corrected chi connectivity index (χ2v) is 10.6. The Labute approximate surface area is 224 Å². The molecule has 38 heavy (non-hydrogen) atoms. The van der Waals surface area contributed by atoms with E-state index in [2.05, 4.69) is 15.1 Å². The maximum atomic E-state index is 12.8.